The number of ether oxygens (including phenoxy) is 2. The fourth-order valence-electron chi connectivity index (χ4n) is 4.01. The van der Waals surface area contributed by atoms with Crippen molar-refractivity contribution in [2.24, 2.45) is 11.7 Å². The van der Waals surface area contributed by atoms with E-state index in [0.29, 0.717) is 29.2 Å². The van der Waals surface area contributed by atoms with E-state index >= 15 is 0 Å². The lowest BCUT2D eigenvalue weighted by molar-refractivity contribution is -0.117. The maximum absolute atomic E-state index is 13.0. The molecule has 7 nitrogen and oxygen atoms in total. The van der Waals surface area contributed by atoms with Gasteiger partial charge in [-0.3, -0.25) is 9.59 Å². The third kappa shape index (κ3) is 4.35. The molecular weight excluding hydrogens is 346 g/mol. The number of amides is 2. The Balaban J connectivity index is 1.84. The summed E-state index contributed by atoms with van der Waals surface area (Å²) < 4.78 is 10.7. The Morgan fingerprint density at radius 3 is 2.37 bits per heavy atom. The van der Waals surface area contributed by atoms with Gasteiger partial charge in [0.25, 0.3) is 5.91 Å². The maximum atomic E-state index is 13.0. The topological polar surface area (TPSA) is 93.9 Å². The molecule has 7 heteroatoms. The number of methoxy groups -OCH3 is 2. The van der Waals surface area contributed by atoms with Crippen LogP contribution in [0.5, 0.6) is 11.5 Å². The molecule has 1 saturated heterocycles. The SMILES string of the molecule is COc1cc(NC(=O)C[C@@H]2CCC[C@H]2N)c(C(=O)N2CCCC2)cc1OC. The molecule has 2 atom stereocenters. The van der Waals surface area contributed by atoms with Crippen LogP contribution in [0.15, 0.2) is 12.1 Å². The largest absolute Gasteiger partial charge is 0.493 e. The lowest BCUT2D eigenvalue weighted by atomic mass is 9.99. The molecule has 1 aliphatic heterocycles. The number of benzene rings is 1. The van der Waals surface area contributed by atoms with Crippen LogP contribution in [0.4, 0.5) is 5.69 Å². The van der Waals surface area contributed by atoms with E-state index in [1.54, 1.807) is 12.1 Å². The molecule has 3 N–H and O–H groups in total. The van der Waals surface area contributed by atoms with E-state index in [9.17, 15) is 9.59 Å². The van der Waals surface area contributed by atoms with Crippen LogP contribution in [0.1, 0.15) is 48.9 Å². The van der Waals surface area contributed by atoms with E-state index < -0.39 is 0 Å². The molecule has 0 unspecified atom stereocenters. The highest BCUT2D eigenvalue weighted by Crippen LogP contribution is 2.35. The molecule has 1 saturated carbocycles. The van der Waals surface area contributed by atoms with E-state index in [4.69, 9.17) is 15.2 Å². The van der Waals surface area contributed by atoms with Gasteiger partial charge in [0.05, 0.1) is 25.5 Å². The van der Waals surface area contributed by atoms with Crippen molar-refractivity contribution in [1.29, 1.82) is 0 Å². The number of carbonyl (C=O) groups is 2. The number of rotatable bonds is 6. The van der Waals surface area contributed by atoms with Crippen LogP contribution < -0.4 is 20.5 Å². The first kappa shape index (κ1) is 19.5. The highest BCUT2D eigenvalue weighted by atomic mass is 16.5. The second-order valence-corrected chi connectivity index (χ2v) is 7.36. The van der Waals surface area contributed by atoms with Gasteiger partial charge in [0, 0.05) is 31.6 Å². The molecule has 0 spiro atoms. The average molecular weight is 375 g/mol. The summed E-state index contributed by atoms with van der Waals surface area (Å²) in [5.74, 6) is 0.920. The van der Waals surface area contributed by atoms with E-state index in [-0.39, 0.29) is 23.8 Å². The quantitative estimate of drug-likeness (QED) is 0.796. The number of hydrogen-bond donors (Lipinski definition) is 2. The van der Waals surface area contributed by atoms with Crippen molar-refractivity contribution in [2.45, 2.75) is 44.6 Å². The highest BCUT2D eigenvalue weighted by Gasteiger charge is 2.28. The molecule has 148 valence electrons. The van der Waals surface area contributed by atoms with Crippen molar-refractivity contribution in [3.8, 4) is 11.5 Å². The van der Waals surface area contributed by atoms with Crippen molar-refractivity contribution < 1.29 is 19.1 Å². The van der Waals surface area contributed by atoms with Crippen LogP contribution >= 0.6 is 0 Å². The molecule has 1 aliphatic carbocycles. The Morgan fingerprint density at radius 1 is 1.11 bits per heavy atom. The summed E-state index contributed by atoms with van der Waals surface area (Å²) >= 11 is 0. The minimum atomic E-state index is -0.125. The number of anilines is 1. The molecule has 1 aromatic carbocycles. The zero-order valence-electron chi connectivity index (χ0n) is 16.1. The fourth-order valence-corrected chi connectivity index (χ4v) is 4.01. The van der Waals surface area contributed by atoms with Crippen molar-refractivity contribution in [2.75, 3.05) is 32.6 Å². The Kier molecular flexibility index (Phi) is 6.21. The maximum Gasteiger partial charge on any atom is 0.256 e. The second-order valence-electron chi connectivity index (χ2n) is 7.36. The molecule has 27 heavy (non-hydrogen) atoms. The zero-order valence-corrected chi connectivity index (χ0v) is 16.1. The summed E-state index contributed by atoms with van der Waals surface area (Å²) in [7, 11) is 3.06. The highest BCUT2D eigenvalue weighted by molar-refractivity contribution is 6.04. The molecule has 1 heterocycles. The van der Waals surface area contributed by atoms with E-state index in [0.717, 1.165) is 45.2 Å². The minimum Gasteiger partial charge on any atom is -0.493 e. The van der Waals surface area contributed by atoms with Gasteiger partial charge < -0.3 is 25.4 Å². The fraction of sp³-hybridized carbons (Fsp3) is 0.600. The zero-order chi connectivity index (χ0) is 19.4. The molecule has 1 aromatic rings. The number of carbonyl (C=O) groups excluding carboxylic acids is 2. The number of nitrogens with one attached hydrogen (secondary N) is 1. The van der Waals surface area contributed by atoms with Gasteiger partial charge in [0.2, 0.25) is 5.91 Å². The van der Waals surface area contributed by atoms with Gasteiger partial charge in [-0.25, -0.2) is 0 Å². The van der Waals surface area contributed by atoms with Gasteiger partial charge in [0.1, 0.15) is 0 Å². The Bertz CT molecular complexity index is 701. The minimum absolute atomic E-state index is 0.0758. The van der Waals surface area contributed by atoms with Gasteiger partial charge in [0.15, 0.2) is 11.5 Å². The molecule has 0 bridgehead atoms. The molecule has 3 rings (SSSR count). The summed E-state index contributed by atoms with van der Waals surface area (Å²) in [6.07, 6.45) is 5.37. The van der Waals surface area contributed by atoms with Crippen molar-refractivity contribution in [3.05, 3.63) is 17.7 Å². The summed E-state index contributed by atoms with van der Waals surface area (Å²) in [6.45, 7) is 1.47. The van der Waals surface area contributed by atoms with Gasteiger partial charge in [-0.05, 0) is 37.7 Å². The monoisotopic (exact) mass is 375 g/mol. The molecule has 2 aliphatic rings. The van der Waals surface area contributed by atoms with Crippen LogP contribution in [0.3, 0.4) is 0 Å². The third-order valence-electron chi connectivity index (χ3n) is 5.59. The lowest BCUT2D eigenvalue weighted by Crippen LogP contribution is -2.30. The molecule has 0 aromatic heterocycles. The molecule has 2 amide bonds. The van der Waals surface area contributed by atoms with Crippen molar-refractivity contribution >= 4 is 17.5 Å². The van der Waals surface area contributed by atoms with E-state index in [1.807, 2.05) is 4.90 Å². The number of likely N-dealkylation sites (tertiary alicyclic amines) is 1. The predicted octanol–water partition coefficient (Wildman–Crippen LogP) is 2.40. The van der Waals surface area contributed by atoms with Gasteiger partial charge >= 0.3 is 0 Å². The molecule has 0 radical (unpaired) electrons. The van der Waals surface area contributed by atoms with Crippen molar-refractivity contribution in [1.82, 2.24) is 4.90 Å². The van der Waals surface area contributed by atoms with Crippen molar-refractivity contribution in [3.63, 3.8) is 0 Å². The first-order valence-electron chi connectivity index (χ1n) is 9.64. The van der Waals surface area contributed by atoms with Gasteiger partial charge in [-0.1, -0.05) is 6.42 Å². The summed E-state index contributed by atoms with van der Waals surface area (Å²) in [5.41, 5.74) is 6.98. The number of nitrogens with two attached hydrogens (primary N) is 1. The second kappa shape index (κ2) is 8.61. The van der Waals surface area contributed by atoms with Crippen LogP contribution in [0, 0.1) is 5.92 Å². The number of hydrogen-bond acceptors (Lipinski definition) is 5. The summed E-state index contributed by atoms with van der Waals surface area (Å²) in [6, 6.07) is 3.39. The van der Waals surface area contributed by atoms with E-state index in [1.165, 1.54) is 14.2 Å². The Hall–Kier alpha value is -2.28. The van der Waals surface area contributed by atoms with Gasteiger partial charge in [-0.15, -0.1) is 0 Å². The van der Waals surface area contributed by atoms with Crippen LogP contribution in [-0.2, 0) is 4.79 Å². The average Bonchev–Trinajstić information content (AvgIpc) is 3.33. The third-order valence-corrected chi connectivity index (χ3v) is 5.59. The molecular formula is C20H29N3O4. The first-order chi connectivity index (χ1) is 13.0. The van der Waals surface area contributed by atoms with Crippen LogP contribution in [0.2, 0.25) is 0 Å². The lowest BCUT2D eigenvalue weighted by Gasteiger charge is -2.21. The Morgan fingerprint density at radius 2 is 1.78 bits per heavy atom. The first-order valence-corrected chi connectivity index (χ1v) is 9.64. The van der Waals surface area contributed by atoms with Crippen LogP contribution in [-0.4, -0.2) is 50.1 Å². The summed E-state index contributed by atoms with van der Waals surface area (Å²) in [4.78, 5) is 27.4. The standard InChI is InChI=1S/C20H29N3O4/c1-26-17-11-14(20(25)23-8-3-4-9-23)16(12-18(17)27-2)22-19(24)10-13-6-5-7-15(13)21/h11-13,15H,3-10,21H2,1-2H3,(H,22,24)/t13-,15+/m0/s1. The molecule has 2 fully saturated rings. The van der Waals surface area contributed by atoms with E-state index in [2.05, 4.69) is 5.32 Å². The predicted molar refractivity (Wildman–Crippen MR) is 103 cm³/mol. The van der Waals surface area contributed by atoms with Gasteiger partial charge in [-0.2, -0.15) is 0 Å². The Labute approximate surface area is 160 Å². The van der Waals surface area contributed by atoms with Crippen LogP contribution in [0.25, 0.3) is 0 Å². The summed E-state index contributed by atoms with van der Waals surface area (Å²) in [5, 5.41) is 2.91. The number of nitrogens with zero attached hydrogens (tertiary/aromatic N) is 1. The smallest absolute Gasteiger partial charge is 0.256 e. The normalized spacial score (nSPS) is 22.0.